The first-order valence-corrected chi connectivity index (χ1v) is 7.61. The van der Waals surface area contributed by atoms with Crippen molar-refractivity contribution in [3.8, 4) is 0 Å². The average molecular weight is 317 g/mol. The third-order valence-corrected chi connectivity index (χ3v) is 3.93. The topological polar surface area (TPSA) is 50.7 Å². The summed E-state index contributed by atoms with van der Waals surface area (Å²) in [6.07, 6.45) is 1.78. The predicted molar refractivity (Wildman–Crippen MR) is 85.8 cm³/mol. The summed E-state index contributed by atoms with van der Waals surface area (Å²) in [6, 6.07) is 13.5. The molecular weight excluding hydrogens is 304 g/mol. The Morgan fingerprint density at radius 2 is 2.10 bits per heavy atom. The molecule has 2 heterocycles. The highest BCUT2D eigenvalue weighted by molar-refractivity contribution is 7.09. The first kappa shape index (κ1) is 14.0. The number of aryl methyl sites for hydroxylation is 1. The zero-order valence-electron chi connectivity index (χ0n) is 11.3. The Hall–Kier alpha value is -1.98. The highest BCUT2D eigenvalue weighted by Crippen LogP contribution is 2.27. The van der Waals surface area contributed by atoms with Gasteiger partial charge in [0.05, 0.1) is 11.7 Å². The number of hydrogen-bond acceptors (Lipinski definition) is 5. The number of nitrogens with one attached hydrogen (secondary N) is 1. The Balaban J connectivity index is 1.98. The van der Waals surface area contributed by atoms with Crippen molar-refractivity contribution in [2.24, 2.45) is 0 Å². The lowest BCUT2D eigenvalue weighted by molar-refractivity contribution is 0.882. The van der Waals surface area contributed by atoms with Crippen molar-refractivity contribution in [1.82, 2.24) is 14.3 Å². The number of nitrogens with zero attached hydrogens (tertiary/aromatic N) is 3. The monoisotopic (exact) mass is 316 g/mol. The molecule has 0 aliphatic heterocycles. The van der Waals surface area contributed by atoms with Crippen LogP contribution in [0.2, 0.25) is 5.02 Å². The molecule has 0 saturated carbocycles. The van der Waals surface area contributed by atoms with Crippen LogP contribution in [-0.4, -0.2) is 14.3 Å². The Morgan fingerprint density at radius 3 is 2.76 bits per heavy atom. The van der Waals surface area contributed by atoms with Gasteiger partial charge in [-0.2, -0.15) is 4.37 Å². The molecule has 0 aliphatic rings. The van der Waals surface area contributed by atoms with Crippen LogP contribution in [0.1, 0.15) is 23.1 Å². The summed E-state index contributed by atoms with van der Waals surface area (Å²) in [5, 5.41) is 4.85. The van der Waals surface area contributed by atoms with E-state index in [4.69, 9.17) is 11.6 Å². The second-order valence-corrected chi connectivity index (χ2v) is 5.72. The smallest absolute Gasteiger partial charge is 0.203 e. The van der Waals surface area contributed by atoms with Crippen LogP contribution in [0, 0.1) is 6.92 Å². The SMILES string of the molecule is Cc1nsc(NC(c2cccc(Cl)c2)c2ccccn2)n1. The fourth-order valence-corrected chi connectivity index (χ4v) is 2.84. The first-order valence-electron chi connectivity index (χ1n) is 6.45. The molecule has 0 radical (unpaired) electrons. The van der Waals surface area contributed by atoms with E-state index in [1.807, 2.05) is 49.4 Å². The van der Waals surface area contributed by atoms with E-state index in [9.17, 15) is 0 Å². The zero-order chi connectivity index (χ0) is 14.7. The van der Waals surface area contributed by atoms with Crippen LogP contribution in [0.25, 0.3) is 0 Å². The normalized spacial score (nSPS) is 12.1. The van der Waals surface area contributed by atoms with Crippen LogP contribution in [-0.2, 0) is 0 Å². The van der Waals surface area contributed by atoms with E-state index < -0.39 is 0 Å². The molecule has 1 atom stereocenters. The second-order valence-electron chi connectivity index (χ2n) is 4.53. The first-order chi connectivity index (χ1) is 10.2. The van der Waals surface area contributed by atoms with Crippen LogP contribution in [0.5, 0.6) is 0 Å². The van der Waals surface area contributed by atoms with Gasteiger partial charge in [-0.25, -0.2) is 4.98 Å². The van der Waals surface area contributed by atoms with Crippen molar-refractivity contribution in [3.05, 3.63) is 70.8 Å². The molecule has 2 aromatic heterocycles. The summed E-state index contributed by atoms with van der Waals surface area (Å²) >= 11 is 7.45. The van der Waals surface area contributed by atoms with Gasteiger partial charge in [0.2, 0.25) is 5.13 Å². The van der Waals surface area contributed by atoms with E-state index in [1.54, 1.807) is 6.20 Å². The standard InChI is InChI=1S/C15H13ClN4S/c1-10-18-15(21-20-10)19-14(13-7-2-3-8-17-13)11-5-4-6-12(16)9-11/h2-9,14H,1H3,(H,18,19,20). The van der Waals surface area contributed by atoms with Gasteiger partial charge >= 0.3 is 0 Å². The van der Waals surface area contributed by atoms with Crippen molar-refractivity contribution >= 4 is 28.3 Å². The lowest BCUT2D eigenvalue weighted by atomic mass is 10.0. The summed E-state index contributed by atoms with van der Waals surface area (Å²) in [5.41, 5.74) is 1.95. The number of anilines is 1. The molecule has 0 saturated heterocycles. The summed E-state index contributed by atoms with van der Waals surface area (Å²) in [7, 11) is 0. The van der Waals surface area contributed by atoms with E-state index in [-0.39, 0.29) is 6.04 Å². The zero-order valence-corrected chi connectivity index (χ0v) is 12.9. The number of hydrogen-bond donors (Lipinski definition) is 1. The fourth-order valence-electron chi connectivity index (χ4n) is 2.04. The van der Waals surface area contributed by atoms with Crippen molar-refractivity contribution in [3.63, 3.8) is 0 Å². The van der Waals surface area contributed by atoms with Gasteiger partial charge in [0.25, 0.3) is 0 Å². The van der Waals surface area contributed by atoms with Crippen LogP contribution in [0.3, 0.4) is 0 Å². The molecule has 1 unspecified atom stereocenters. The molecule has 21 heavy (non-hydrogen) atoms. The third-order valence-electron chi connectivity index (χ3n) is 2.96. The van der Waals surface area contributed by atoms with E-state index >= 15 is 0 Å². The lowest BCUT2D eigenvalue weighted by Crippen LogP contribution is -2.13. The molecule has 3 rings (SSSR count). The number of benzene rings is 1. The van der Waals surface area contributed by atoms with E-state index in [1.165, 1.54) is 11.5 Å². The Bertz CT molecular complexity index is 729. The van der Waals surface area contributed by atoms with Crippen LogP contribution in [0.4, 0.5) is 5.13 Å². The minimum atomic E-state index is -0.114. The maximum absolute atomic E-state index is 6.11. The molecule has 1 aromatic carbocycles. The maximum Gasteiger partial charge on any atom is 0.203 e. The molecule has 0 amide bonds. The van der Waals surface area contributed by atoms with Crippen molar-refractivity contribution in [1.29, 1.82) is 0 Å². The van der Waals surface area contributed by atoms with Crippen molar-refractivity contribution < 1.29 is 0 Å². The summed E-state index contributed by atoms with van der Waals surface area (Å²) in [5.74, 6) is 0.758. The second kappa shape index (κ2) is 6.20. The Kier molecular flexibility index (Phi) is 4.13. The molecule has 0 bridgehead atoms. The molecule has 0 aliphatic carbocycles. The van der Waals surface area contributed by atoms with Gasteiger partial charge in [-0.05, 0) is 36.8 Å². The quantitative estimate of drug-likeness (QED) is 0.787. The van der Waals surface area contributed by atoms with Crippen LogP contribution in [0.15, 0.2) is 48.7 Å². The van der Waals surface area contributed by atoms with E-state index in [0.717, 1.165) is 22.2 Å². The van der Waals surface area contributed by atoms with Gasteiger partial charge in [0.1, 0.15) is 5.82 Å². The minimum absolute atomic E-state index is 0.114. The van der Waals surface area contributed by atoms with Crippen LogP contribution >= 0.6 is 23.1 Å². The Labute approximate surface area is 132 Å². The Morgan fingerprint density at radius 1 is 1.19 bits per heavy atom. The number of pyridine rings is 1. The highest BCUT2D eigenvalue weighted by atomic mass is 35.5. The number of halogens is 1. The average Bonchev–Trinajstić information content (AvgIpc) is 2.91. The van der Waals surface area contributed by atoms with Crippen LogP contribution < -0.4 is 5.32 Å². The molecule has 0 spiro atoms. The molecule has 3 aromatic rings. The minimum Gasteiger partial charge on any atom is -0.348 e. The van der Waals surface area contributed by atoms with E-state index in [2.05, 4.69) is 19.7 Å². The largest absolute Gasteiger partial charge is 0.348 e. The van der Waals surface area contributed by atoms with Gasteiger partial charge < -0.3 is 5.32 Å². The summed E-state index contributed by atoms with van der Waals surface area (Å²) < 4.78 is 4.20. The summed E-state index contributed by atoms with van der Waals surface area (Å²) in [4.78, 5) is 8.80. The molecular formula is C15H13ClN4S. The molecule has 6 heteroatoms. The van der Waals surface area contributed by atoms with Gasteiger partial charge in [-0.15, -0.1) is 0 Å². The highest BCUT2D eigenvalue weighted by Gasteiger charge is 2.17. The van der Waals surface area contributed by atoms with Gasteiger partial charge in [0.15, 0.2) is 0 Å². The molecule has 0 fully saturated rings. The van der Waals surface area contributed by atoms with Gasteiger partial charge in [-0.1, -0.05) is 29.8 Å². The lowest BCUT2D eigenvalue weighted by Gasteiger charge is -2.18. The maximum atomic E-state index is 6.11. The molecule has 1 N–H and O–H groups in total. The van der Waals surface area contributed by atoms with E-state index in [0.29, 0.717) is 5.02 Å². The third kappa shape index (κ3) is 3.37. The van der Waals surface area contributed by atoms with Gasteiger partial charge in [0, 0.05) is 22.8 Å². The predicted octanol–water partition coefficient (Wildman–Crippen LogP) is 4.10. The van der Waals surface area contributed by atoms with Gasteiger partial charge in [-0.3, -0.25) is 4.98 Å². The number of aromatic nitrogens is 3. The summed E-state index contributed by atoms with van der Waals surface area (Å²) in [6.45, 7) is 1.87. The molecule has 106 valence electrons. The fraction of sp³-hybridized carbons (Fsp3) is 0.133. The van der Waals surface area contributed by atoms with Crippen molar-refractivity contribution in [2.75, 3.05) is 5.32 Å². The molecule has 4 nitrogen and oxygen atoms in total. The number of rotatable bonds is 4. The van der Waals surface area contributed by atoms with Crippen molar-refractivity contribution in [2.45, 2.75) is 13.0 Å².